The summed E-state index contributed by atoms with van der Waals surface area (Å²) >= 11 is 0. The molecule has 2 heterocycles. The third-order valence-corrected chi connectivity index (χ3v) is 4.66. The lowest BCUT2D eigenvalue weighted by Gasteiger charge is -2.39. The van der Waals surface area contributed by atoms with Crippen LogP contribution in [0, 0.1) is 12.8 Å². The van der Waals surface area contributed by atoms with Crippen molar-refractivity contribution in [1.29, 1.82) is 0 Å². The standard InChI is InChI=1S/C19H26N4O/c1-13(2)11-23-10-9-22(15(4)19(23)24)12-18-14(3)20-16-7-5-6-8-17(16)21-18/h5-8,13,15H,9-12H2,1-4H3/t15-/m0/s1. The molecular formula is C19H26N4O. The highest BCUT2D eigenvalue weighted by atomic mass is 16.2. The van der Waals surface area contributed by atoms with E-state index in [0.717, 1.165) is 42.1 Å². The predicted octanol–water partition coefficient (Wildman–Crippen LogP) is 2.63. The third-order valence-electron chi connectivity index (χ3n) is 4.66. The first-order valence-corrected chi connectivity index (χ1v) is 8.71. The van der Waals surface area contributed by atoms with Crippen LogP contribution in [0.4, 0.5) is 0 Å². The van der Waals surface area contributed by atoms with Crippen LogP contribution in [0.25, 0.3) is 11.0 Å². The fraction of sp³-hybridized carbons (Fsp3) is 0.526. The molecule has 0 bridgehead atoms. The second-order valence-corrected chi connectivity index (χ2v) is 7.07. The Balaban J connectivity index is 1.77. The van der Waals surface area contributed by atoms with Crippen LogP contribution in [0.5, 0.6) is 0 Å². The average molecular weight is 326 g/mol. The number of hydrogen-bond acceptors (Lipinski definition) is 4. The fourth-order valence-corrected chi connectivity index (χ4v) is 3.28. The molecule has 24 heavy (non-hydrogen) atoms. The van der Waals surface area contributed by atoms with Gasteiger partial charge in [0.25, 0.3) is 0 Å². The summed E-state index contributed by atoms with van der Waals surface area (Å²) in [5, 5.41) is 0. The summed E-state index contributed by atoms with van der Waals surface area (Å²) in [6.07, 6.45) is 0. The van der Waals surface area contributed by atoms with Crippen molar-refractivity contribution >= 4 is 16.9 Å². The van der Waals surface area contributed by atoms with Crippen LogP contribution >= 0.6 is 0 Å². The minimum absolute atomic E-state index is 0.106. The first kappa shape index (κ1) is 16.8. The largest absolute Gasteiger partial charge is 0.340 e. The fourth-order valence-electron chi connectivity index (χ4n) is 3.28. The Kier molecular flexibility index (Phi) is 4.81. The van der Waals surface area contributed by atoms with Gasteiger partial charge in [-0.2, -0.15) is 0 Å². The van der Waals surface area contributed by atoms with Crippen molar-refractivity contribution in [2.75, 3.05) is 19.6 Å². The number of fused-ring (bicyclic) bond motifs is 1. The van der Waals surface area contributed by atoms with E-state index in [0.29, 0.717) is 12.5 Å². The molecule has 0 aliphatic carbocycles. The molecule has 3 rings (SSSR count). The first-order valence-electron chi connectivity index (χ1n) is 8.71. The Morgan fingerprint density at radius 2 is 1.83 bits per heavy atom. The van der Waals surface area contributed by atoms with Gasteiger partial charge in [0.15, 0.2) is 0 Å². The molecule has 0 saturated carbocycles. The Morgan fingerprint density at radius 3 is 2.50 bits per heavy atom. The number of benzene rings is 1. The molecule has 5 heteroatoms. The number of para-hydroxylation sites is 2. The second kappa shape index (κ2) is 6.85. The lowest BCUT2D eigenvalue weighted by Crippen LogP contribution is -2.56. The maximum absolute atomic E-state index is 12.6. The minimum atomic E-state index is -0.106. The second-order valence-electron chi connectivity index (χ2n) is 7.07. The normalized spacial score (nSPS) is 19.5. The van der Waals surface area contributed by atoms with Gasteiger partial charge in [-0.25, -0.2) is 9.97 Å². The SMILES string of the molecule is Cc1nc2ccccc2nc1CN1CCN(CC(C)C)C(=O)[C@@H]1C. The number of aromatic nitrogens is 2. The van der Waals surface area contributed by atoms with Crippen molar-refractivity contribution in [2.45, 2.75) is 40.3 Å². The molecule has 1 atom stereocenters. The maximum Gasteiger partial charge on any atom is 0.239 e. The number of nitrogens with zero attached hydrogens (tertiary/aromatic N) is 4. The van der Waals surface area contributed by atoms with Gasteiger partial charge in [0.05, 0.1) is 28.5 Å². The molecule has 1 aliphatic rings. The van der Waals surface area contributed by atoms with Gasteiger partial charge in [0.2, 0.25) is 5.91 Å². The number of aryl methyl sites for hydroxylation is 1. The molecule has 1 fully saturated rings. The number of carbonyl (C=O) groups excluding carboxylic acids is 1. The van der Waals surface area contributed by atoms with Gasteiger partial charge in [-0.1, -0.05) is 26.0 Å². The Labute approximate surface area is 143 Å². The summed E-state index contributed by atoms with van der Waals surface area (Å²) < 4.78 is 0. The molecule has 128 valence electrons. The molecule has 1 aliphatic heterocycles. The van der Waals surface area contributed by atoms with Crippen LogP contribution < -0.4 is 0 Å². The highest BCUT2D eigenvalue weighted by molar-refractivity contribution is 5.82. The van der Waals surface area contributed by atoms with Gasteiger partial charge in [0, 0.05) is 26.2 Å². The summed E-state index contributed by atoms with van der Waals surface area (Å²) in [7, 11) is 0. The molecule has 5 nitrogen and oxygen atoms in total. The van der Waals surface area contributed by atoms with E-state index in [4.69, 9.17) is 4.98 Å². The third kappa shape index (κ3) is 3.41. The molecule has 2 aromatic rings. The van der Waals surface area contributed by atoms with Crippen molar-refractivity contribution in [3.63, 3.8) is 0 Å². The summed E-state index contributed by atoms with van der Waals surface area (Å²) in [6, 6.07) is 7.82. The van der Waals surface area contributed by atoms with E-state index in [1.165, 1.54) is 0 Å². The Bertz CT molecular complexity index is 743. The molecular weight excluding hydrogens is 300 g/mol. The molecule has 0 radical (unpaired) electrons. The van der Waals surface area contributed by atoms with Crippen LogP contribution in [0.2, 0.25) is 0 Å². The number of rotatable bonds is 4. The van der Waals surface area contributed by atoms with Crippen molar-refractivity contribution in [3.05, 3.63) is 35.7 Å². The van der Waals surface area contributed by atoms with E-state index < -0.39 is 0 Å². The molecule has 0 spiro atoms. The van der Waals surface area contributed by atoms with Gasteiger partial charge < -0.3 is 4.90 Å². The van der Waals surface area contributed by atoms with Gasteiger partial charge in [-0.05, 0) is 31.9 Å². The van der Waals surface area contributed by atoms with Gasteiger partial charge in [0.1, 0.15) is 0 Å². The molecule has 0 unspecified atom stereocenters. The summed E-state index contributed by atoms with van der Waals surface area (Å²) in [5.74, 6) is 0.725. The van der Waals surface area contributed by atoms with Crippen LogP contribution in [0.1, 0.15) is 32.2 Å². The molecule has 1 aromatic carbocycles. The van der Waals surface area contributed by atoms with E-state index >= 15 is 0 Å². The lowest BCUT2D eigenvalue weighted by atomic mass is 10.1. The molecule has 1 amide bonds. The quantitative estimate of drug-likeness (QED) is 0.867. The number of hydrogen-bond donors (Lipinski definition) is 0. The minimum Gasteiger partial charge on any atom is -0.340 e. The monoisotopic (exact) mass is 326 g/mol. The van der Waals surface area contributed by atoms with Crippen LogP contribution in [-0.2, 0) is 11.3 Å². The van der Waals surface area contributed by atoms with Crippen molar-refractivity contribution in [1.82, 2.24) is 19.8 Å². The summed E-state index contributed by atoms with van der Waals surface area (Å²) in [6.45, 7) is 11.5. The van der Waals surface area contributed by atoms with Gasteiger partial charge in [-0.3, -0.25) is 9.69 Å². The van der Waals surface area contributed by atoms with Gasteiger partial charge >= 0.3 is 0 Å². The highest BCUT2D eigenvalue weighted by Gasteiger charge is 2.32. The summed E-state index contributed by atoms with van der Waals surface area (Å²) in [4.78, 5) is 26.2. The lowest BCUT2D eigenvalue weighted by molar-refractivity contribution is -0.142. The topological polar surface area (TPSA) is 49.3 Å². The highest BCUT2D eigenvalue weighted by Crippen LogP contribution is 2.18. The zero-order valence-corrected chi connectivity index (χ0v) is 15.0. The maximum atomic E-state index is 12.6. The van der Waals surface area contributed by atoms with Crippen molar-refractivity contribution in [3.8, 4) is 0 Å². The van der Waals surface area contributed by atoms with E-state index in [-0.39, 0.29) is 11.9 Å². The van der Waals surface area contributed by atoms with Crippen LogP contribution in [0.15, 0.2) is 24.3 Å². The molecule has 0 N–H and O–H groups in total. The van der Waals surface area contributed by atoms with E-state index in [9.17, 15) is 4.79 Å². The van der Waals surface area contributed by atoms with E-state index in [1.807, 2.05) is 43.0 Å². The molecule has 1 aromatic heterocycles. The smallest absolute Gasteiger partial charge is 0.239 e. The number of amides is 1. The number of piperazine rings is 1. The van der Waals surface area contributed by atoms with Crippen LogP contribution in [0.3, 0.4) is 0 Å². The zero-order chi connectivity index (χ0) is 17.3. The van der Waals surface area contributed by atoms with Crippen molar-refractivity contribution < 1.29 is 4.79 Å². The summed E-state index contributed by atoms with van der Waals surface area (Å²) in [5.41, 5.74) is 3.74. The zero-order valence-electron chi connectivity index (χ0n) is 15.0. The van der Waals surface area contributed by atoms with Gasteiger partial charge in [-0.15, -0.1) is 0 Å². The van der Waals surface area contributed by atoms with Crippen LogP contribution in [-0.4, -0.2) is 51.4 Å². The van der Waals surface area contributed by atoms with E-state index in [2.05, 4.69) is 23.7 Å². The average Bonchev–Trinajstić information content (AvgIpc) is 2.54. The first-order chi connectivity index (χ1) is 11.5. The van der Waals surface area contributed by atoms with E-state index in [1.54, 1.807) is 0 Å². The predicted molar refractivity (Wildman–Crippen MR) is 95.6 cm³/mol. The molecule has 1 saturated heterocycles. The number of carbonyl (C=O) groups is 1. The Hall–Kier alpha value is -2.01. The Morgan fingerprint density at radius 1 is 1.17 bits per heavy atom. The van der Waals surface area contributed by atoms with Crippen molar-refractivity contribution in [2.24, 2.45) is 5.92 Å².